The van der Waals surface area contributed by atoms with Gasteiger partial charge in [-0.2, -0.15) is 0 Å². The van der Waals surface area contributed by atoms with Crippen molar-refractivity contribution >= 4 is 38.6 Å². The van der Waals surface area contributed by atoms with Crippen LogP contribution in [-0.2, 0) is 14.8 Å². The Morgan fingerprint density at radius 2 is 1.83 bits per heavy atom. The largest absolute Gasteiger partial charge is 0.491 e. The number of furan rings is 1. The molecule has 0 atom stereocenters. The van der Waals surface area contributed by atoms with Gasteiger partial charge >= 0.3 is 5.97 Å². The Balaban J connectivity index is 2.02. The Morgan fingerprint density at radius 3 is 2.44 bits per heavy atom. The molecule has 0 spiro atoms. The molecule has 0 aliphatic heterocycles. The van der Waals surface area contributed by atoms with E-state index in [-0.39, 0.29) is 39.7 Å². The van der Waals surface area contributed by atoms with Crippen molar-refractivity contribution in [3.63, 3.8) is 0 Å². The Labute approximate surface area is 237 Å². The fourth-order valence-corrected chi connectivity index (χ4v) is 4.72. The molecule has 2 aromatic heterocycles. The third-order valence-corrected chi connectivity index (χ3v) is 7.66. The van der Waals surface area contributed by atoms with Crippen LogP contribution in [0.15, 0.2) is 52.9 Å². The van der Waals surface area contributed by atoms with Crippen molar-refractivity contribution in [2.45, 2.75) is 19.8 Å². The van der Waals surface area contributed by atoms with E-state index in [1.165, 1.54) is 51.5 Å². The number of aromatic nitrogens is 1. The number of methoxy groups -OCH3 is 1. The minimum absolute atomic E-state index is 0.0834. The number of halogens is 1. The van der Waals surface area contributed by atoms with Gasteiger partial charge < -0.3 is 19.2 Å². The molecule has 4 rings (SSSR count). The molecule has 0 radical (unpaired) electrons. The molecule has 10 nitrogen and oxygen atoms in total. The van der Waals surface area contributed by atoms with Crippen LogP contribution in [0.5, 0.6) is 5.75 Å². The zero-order valence-corrected chi connectivity index (χ0v) is 24.1. The second-order valence-electron chi connectivity index (χ2n) is 9.23. The highest BCUT2D eigenvalue weighted by Gasteiger charge is 2.27. The van der Waals surface area contributed by atoms with Crippen LogP contribution >= 0.6 is 0 Å². The molecule has 0 saturated carbocycles. The number of pyridine rings is 1. The maximum Gasteiger partial charge on any atom is 0.360 e. The average Bonchev–Trinajstić information content (AvgIpc) is 3.33. The van der Waals surface area contributed by atoms with E-state index in [9.17, 15) is 22.4 Å². The number of carbonyl (C=O) groups excluding carboxylic acids is 2. The fraction of sp³-hybridized carbons (Fsp3) is 0.276. The number of nitrogens with one attached hydrogen (secondary N) is 1. The molecule has 4 aromatic rings. The van der Waals surface area contributed by atoms with E-state index in [0.717, 1.165) is 23.4 Å². The SMILES string of the molecule is CCCCOc1ccc(-c2cc3c(C(=O)NC)c(-c4ccc(F)cc4)oc3cc2N(C)S(C)(=O)=O)nc1C(=O)OC. The Morgan fingerprint density at radius 1 is 1.12 bits per heavy atom. The number of amides is 1. The summed E-state index contributed by atoms with van der Waals surface area (Å²) in [5, 5.41) is 2.95. The van der Waals surface area contributed by atoms with Crippen molar-refractivity contribution in [2.24, 2.45) is 0 Å². The number of hydrogen-bond donors (Lipinski definition) is 1. The predicted octanol–water partition coefficient (Wildman–Crippen LogP) is 5.02. The zero-order chi connectivity index (χ0) is 29.9. The fourth-order valence-electron chi connectivity index (χ4n) is 4.21. The third kappa shape index (κ3) is 6.02. The Hall–Kier alpha value is -4.45. The van der Waals surface area contributed by atoms with Crippen molar-refractivity contribution in [1.29, 1.82) is 0 Å². The summed E-state index contributed by atoms with van der Waals surface area (Å²) in [7, 11) is 0.288. The van der Waals surface area contributed by atoms with Crippen molar-refractivity contribution in [2.75, 3.05) is 38.4 Å². The molecule has 216 valence electrons. The lowest BCUT2D eigenvalue weighted by atomic mass is 10.0. The van der Waals surface area contributed by atoms with Crippen molar-refractivity contribution in [3.05, 3.63) is 65.6 Å². The maximum atomic E-state index is 13.6. The molecule has 0 aliphatic rings. The summed E-state index contributed by atoms with van der Waals surface area (Å²) in [5.74, 6) is -1.26. The molecule has 0 fully saturated rings. The second kappa shape index (κ2) is 12.0. The first-order valence-corrected chi connectivity index (χ1v) is 14.6. The molecular weight excluding hydrogens is 553 g/mol. The molecule has 2 heterocycles. The van der Waals surface area contributed by atoms with Gasteiger partial charge in [-0.1, -0.05) is 13.3 Å². The van der Waals surface area contributed by atoms with Crippen LogP contribution in [0.4, 0.5) is 10.1 Å². The number of rotatable bonds is 10. The van der Waals surface area contributed by atoms with Crippen LogP contribution in [0.3, 0.4) is 0 Å². The first-order valence-electron chi connectivity index (χ1n) is 12.7. The summed E-state index contributed by atoms with van der Waals surface area (Å²) < 4.78 is 56.7. The number of sulfonamides is 1. The average molecular weight is 584 g/mol. The lowest BCUT2D eigenvalue weighted by molar-refractivity contribution is 0.0588. The molecule has 41 heavy (non-hydrogen) atoms. The number of carbonyl (C=O) groups is 2. The first kappa shape index (κ1) is 29.5. The summed E-state index contributed by atoms with van der Waals surface area (Å²) >= 11 is 0. The topological polar surface area (TPSA) is 128 Å². The number of esters is 1. The number of fused-ring (bicyclic) bond motifs is 1. The van der Waals surface area contributed by atoms with Gasteiger partial charge in [-0.3, -0.25) is 9.10 Å². The molecule has 0 aliphatic carbocycles. The third-order valence-electron chi connectivity index (χ3n) is 6.47. The molecule has 0 unspecified atom stereocenters. The first-order chi connectivity index (χ1) is 19.5. The maximum absolute atomic E-state index is 13.6. The summed E-state index contributed by atoms with van der Waals surface area (Å²) in [6, 6.07) is 11.7. The lowest BCUT2D eigenvalue weighted by Gasteiger charge is -2.21. The van der Waals surface area contributed by atoms with Gasteiger partial charge in [0.25, 0.3) is 5.91 Å². The van der Waals surface area contributed by atoms with Crippen LogP contribution in [0.2, 0.25) is 0 Å². The minimum atomic E-state index is -3.76. The van der Waals surface area contributed by atoms with E-state index in [0.29, 0.717) is 23.1 Å². The second-order valence-corrected chi connectivity index (χ2v) is 11.2. The molecule has 0 saturated heterocycles. The van der Waals surface area contributed by atoms with Crippen molar-refractivity contribution in [3.8, 4) is 28.3 Å². The molecular formula is C29H30FN3O7S. The summed E-state index contributed by atoms with van der Waals surface area (Å²) in [6.45, 7) is 2.37. The summed E-state index contributed by atoms with van der Waals surface area (Å²) in [6.07, 6.45) is 2.70. The number of unbranched alkanes of at least 4 members (excludes halogenated alkanes) is 1. The van der Waals surface area contributed by atoms with E-state index in [1.807, 2.05) is 6.92 Å². The molecule has 1 amide bonds. The highest BCUT2D eigenvalue weighted by Crippen LogP contribution is 2.41. The number of benzene rings is 2. The zero-order valence-electron chi connectivity index (χ0n) is 23.3. The highest BCUT2D eigenvalue weighted by molar-refractivity contribution is 7.92. The monoisotopic (exact) mass is 583 g/mol. The quantitative estimate of drug-likeness (QED) is 0.204. The molecule has 12 heteroatoms. The van der Waals surface area contributed by atoms with Gasteiger partial charge in [-0.15, -0.1) is 0 Å². The standard InChI is InChI=1S/C29H30FN3O7S/c1-6-7-14-39-23-13-12-21(32-26(23)29(35)38-4)19-15-20-24(16-22(19)33(3)41(5,36)37)40-27(25(20)28(34)31-2)17-8-10-18(30)11-9-17/h8-13,15-16H,6-7,14H2,1-5H3,(H,31,34). The molecule has 0 bridgehead atoms. The number of anilines is 1. The van der Waals surface area contributed by atoms with E-state index in [2.05, 4.69) is 10.3 Å². The van der Waals surface area contributed by atoms with Gasteiger partial charge in [0.15, 0.2) is 11.4 Å². The van der Waals surface area contributed by atoms with Gasteiger partial charge in [0.2, 0.25) is 10.0 Å². The van der Waals surface area contributed by atoms with Crippen molar-refractivity contribution in [1.82, 2.24) is 10.3 Å². The van der Waals surface area contributed by atoms with Gasteiger partial charge in [0.1, 0.15) is 17.2 Å². The van der Waals surface area contributed by atoms with Crippen LogP contribution in [0.25, 0.3) is 33.6 Å². The summed E-state index contributed by atoms with van der Waals surface area (Å²) in [4.78, 5) is 30.2. The smallest absolute Gasteiger partial charge is 0.360 e. The van der Waals surface area contributed by atoms with Crippen molar-refractivity contribution < 1.29 is 36.3 Å². The predicted molar refractivity (Wildman–Crippen MR) is 153 cm³/mol. The highest BCUT2D eigenvalue weighted by atomic mass is 32.2. The molecule has 2 aromatic carbocycles. The van der Waals surface area contributed by atoms with Crippen LogP contribution in [0.1, 0.15) is 40.6 Å². The van der Waals surface area contributed by atoms with E-state index < -0.39 is 27.7 Å². The van der Waals surface area contributed by atoms with E-state index >= 15 is 0 Å². The Kier molecular flexibility index (Phi) is 8.62. The normalized spacial score (nSPS) is 11.4. The number of hydrogen-bond acceptors (Lipinski definition) is 8. The van der Waals surface area contributed by atoms with Crippen LogP contribution in [0, 0.1) is 5.82 Å². The number of nitrogens with zero attached hydrogens (tertiary/aromatic N) is 2. The van der Waals surface area contributed by atoms with Gasteiger partial charge in [-0.25, -0.2) is 22.6 Å². The number of ether oxygens (including phenoxy) is 2. The summed E-state index contributed by atoms with van der Waals surface area (Å²) in [5.41, 5.74) is 1.45. The van der Waals surface area contributed by atoms with E-state index in [1.54, 1.807) is 18.2 Å². The minimum Gasteiger partial charge on any atom is -0.491 e. The van der Waals surface area contributed by atoms with Crippen LogP contribution in [-0.4, -0.2) is 59.3 Å². The molecule has 1 N–H and O–H groups in total. The van der Waals surface area contributed by atoms with Gasteiger partial charge in [-0.05, 0) is 48.9 Å². The van der Waals surface area contributed by atoms with E-state index in [4.69, 9.17) is 13.9 Å². The van der Waals surface area contributed by atoms with Gasteiger partial charge in [0.05, 0.1) is 36.9 Å². The lowest BCUT2D eigenvalue weighted by Crippen LogP contribution is -2.25. The van der Waals surface area contributed by atoms with Gasteiger partial charge in [0, 0.05) is 36.7 Å². The van der Waals surface area contributed by atoms with Crippen LogP contribution < -0.4 is 14.4 Å². The Bertz CT molecular complexity index is 1720.